The van der Waals surface area contributed by atoms with E-state index in [-0.39, 0.29) is 11.4 Å². The molecule has 0 bridgehead atoms. The summed E-state index contributed by atoms with van der Waals surface area (Å²) >= 11 is 0. The number of pyridine rings is 1. The average Bonchev–Trinajstić information content (AvgIpc) is 2.95. The van der Waals surface area contributed by atoms with E-state index in [2.05, 4.69) is 10.2 Å². The third-order valence-corrected chi connectivity index (χ3v) is 4.14. The van der Waals surface area contributed by atoms with Crippen molar-refractivity contribution >= 4 is 22.3 Å². The van der Waals surface area contributed by atoms with E-state index in [0.717, 1.165) is 17.0 Å². The zero-order valence-electron chi connectivity index (χ0n) is 13.3. The minimum absolute atomic E-state index is 0.321. The summed E-state index contributed by atoms with van der Waals surface area (Å²) in [6, 6.07) is 8.46. The Labute approximate surface area is 137 Å². The molecule has 0 saturated carbocycles. The van der Waals surface area contributed by atoms with Crippen LogP contribution in [-0.2, 0) is 6.54 Å². The van der Waals surface area contributed by atoms with Gasteiger partial charge < -0.3 is 4.57 Å². The van der Waals surface area contributed by atoms with Crippen LogP contribution in [0, 0.1) is 10.7 Å². The largest absolute Gasteiger partial charge is 0.341 e. The first-order chi connectivity index (χ1) is 11.5. The Hall–Kier alpha value is -2.89. The third kappa shape index (κ3) is 2.31. The van der Waals surface area contributed by atoms with Gasteiger partial charge in [0.25, 0.3) is 0 Å². The second-order valence-corrected chi connectivity index (χ2v) is 6.61. The molecular formula is C18H15FN4O. The van der Waals surface area contributed by atoms with Crippen molar-refractivity contribution in [3.8, 4) is 0 Å². The molecule has 1 aromatic carbocycles. The van der Waals surface area contributed by atoms with Crippen molar-refractivity contribution in [3.63, 3.8) is 0 Å². The van der Waals surface area contributed by atoms with Crippen molar-refractivity contribution in [2.45, 2.75) is 25.9 Å². The summed E-state index contributed by atoms with van der Waals surface area (Å²) in [6.07, 6.45) is 3.35. The molecule has 0 unspecified atom stereocenters. The van der Waals surface area contributed by atoms with E-state index in [1.54, 1.807) is 24.5 Å². The highest BCUT2D eigenvalue weighted by molar-refractivity contribution is 6.14. The predicted octanol–water partition coefficient (Wildman–Crippen LogP) is 4.20. The van der Waals surface area contributed by atoms with Gasteiger partial charge in [-0.3, -0.25) is 9.98 Å². The Kier molecular flexibility index (Phi) is 3.09. The molecule has 1 aliphatic heterocycles. The Morgan fingerprint density at radius 2 is 2.12 bits per heavy atom. The maximum Gasteiger partial charge on any atom is 0.149 e. The molecule has 0 aliphatic carbocycles. The number of hydrogen-bond acceptors (Lipinski definition) is 4. The topological polar surface area (TPSA) is 59.6 Å². The van der Waals surface area contributed by atoms with Gasteiger partial charge in [0, 0.05) is 29.9 Å². The SMILES string of the molecule is CC1(C)Cn2cc(N=O)cc2C(c2cnc3c(F)cccc3c2)=N1. The summed E-state index contributed by atoms with van der Waals surface area (Å²) in [7, 11) is 0. The van der Waals surface area contributed by atoms with Gasteiger partial charge in [-0.1, -0.05) is 12.1 Å². The number of halogens is 1. The van der Waals surface area contributed by atoms with Gasteiger partial charge in [0.15, 0.2) is 0 Å². The summed E-state index contributed by atoms with van der Waals surface area (Å²) < 4.78 is 15.8. The summed E-state index contributed by atoms with van der Waals surface area (Å²) in [5, 5.41) is 3.74. The van der Waals surface area contributed by atoms with Crippen LogP contribution in [0.4, 0.5) is 10.1 Å². The maximum atomic E-state index is 13.8. The molecule has 24 heavy (non-hydrogen) atoms. The molecule has 3 heterocycles. The zero-order chi connectivity index (χ0) is 16.9. The number of fused-ring (bicyclic) bond motifs is 2. The van der Waals surface area contributed by atoms with Gasteiger partial charge in [-0.05, 0) is 37.2 Å². The van der Waals surface area contributed by atoms with Crippen LogP contribution in [0.25, 0.3) is 10.9 Å². The minimum Gasteiger partial charge on any atom is -0.341 e. The molecule has 0 radical (unpaired) electrons. The number of aliphatic imine (C=N–C) groups is 1. The fourth-order valence-electron chi connectivity index (χ4n) is 3.15. The van der Waals surface area contributed by atoms with E-state index in [1.165, 1.54) is 6.07 Å². The first-order valence-electron chi connectivity index (χ1n) is 7.65. The van der Waals surface area contributed by atoms with Crippen LogP contribution in [0.5, 0.6) is 0 Å². The van der Waals surface area contributed by atoms with Crippen LogP contribution in [0.1, 0.15) is 25.1 Å². The van der Waals surface area contributed by atoms with Gasteiger partial charge in [0.1, 0.15) is 17.0 Å². The van der Waals surface area contributed by atoms with Crippen LogP contribution >= 0.6 is 0 Å². The number of benzene rings is 1. The van der Waals surface area contributed by atoms with Gasteiger partial charge in [0.2, 0.25) is 0 Å². The fraction of sp³-hybridized carbons (Fsp3) is 0.222. The van der Waals surface area contributed by atoms with Gasteiger partial charge in [0.05, 0.1) is 16.9 Å². The first kappa shape index (κ1) is 14.7. The Balaban J connectivity index is 1.92. The lowest BCUT2D eigenvalue weighted by Crippen LogP contribution is -2.33. The summed E-state index contributed by atoms with van der Waals surface area (Å²) in [5.41, 5.74) is 2.73. The molecule has 0 fully saturated rings. The minimum atomic E-state index is -0.347. The van der Waals surface area contributed by atoms with Crippen LogP contribution in [0.2, 0.25) is 0 Å². The summed E-state index contributed by atoms with van der Waals surface area (Å²) in [6.45, 7) is 4.72. The molecule has 0 saturated heterocycles. The predicted molar refractivity (Wildman–Crippen MR) is 91.3 cm³/mol. The monoisotopic (exact) mass is 322 g/mol. The van der Waals surface area contributed by atoms with Gasteiger partial charge in [-0.25, -0.2) is 4.39 Å². The quantitative estimate of drug-likeness (QED) is 0.664. The van der Waals surface area contributed by atoms with Crippen LogP contribution in [0.15, 0.2) is 52.9 Å². The standard InChI is InChI=1S/C18H15FN4O/c1-18(2)10-23-9-13(22-24)7-15(23)17(21-18)12-6-11-4-3-5-14(19)16(11)20-8-12/h3-9H,10H2,1-2H3. The number of aromatic nitrogens is 2. The van der Waals surface area contributed by atoms with Crippen LogP contribution in [-0.4, -0.2) is 20.8 Å². The number of para-hydroxylation sites is 1. The first-order valence-corrected chi connectivity index (χ1v) is 7.65. The van der Waals surface area contributed by atoms with E-state index in [9.17, 15) is 9.30 Å². The number of rotatable bonds is 2. The average molecular weight is 322 g/mol. The number of nitroso groups, excluding NO2 is 1. The van der Waals surface area contributed by atoms with Crippen LogP contribution < -0.4 is 0 Å². The van der Waals surface area contributed by atoms with Crippen molar-refractivity contribution in [2.24, 2.45) is 10.2 Å². The van der Waals surface area contributed by atoms with Crippen molar-refractivity contribution in [1.29, 1.82) is 0 Å². The summed E-state index contributed by atoms with van der Waals surface area (Å²) in [5.74, 6) is -0.347. The molecule has 5 nitrogen and oxygen atoms in total. The van der Waals surface area contributed by atoms with Crippen LogP contribution in [0.3, 0.4) is 0 Å². The molecule has 6 heteroatoms. The molecule has 3 aromatic rings. The normalized spacial score (nSPS) is 15.9. The van der Waals surface area contributed by atoms with E-state index < -0.39 is 0 Å². The highest BCUT2D eigenvalue weighted by Crippen LogP contribution is 2.30. The third-order valence-electron chi connectivity index (χ3n) is 4.14. The number of hydrogen-bond donors (Lipinski definition) is 0. The number of nitrogens with zero attached hydrogens (tertiary/aromatic N) is 4. The molecule has 0 N–H and O–H groups in total. The summed E-state index contributed by atoms with van der Waals surface area (Å²) in [4.78, 5) is 20.0. The fourth-order valence-corrected chi connectivity index (χ4v) is 3.15. The van der Waals surface area contributed by atoms with Gasteiger partial charge in [-0.15, -0.1) is 4.91 Å². The molecule has 120 valence electrons. The second kappa shape index (κ2) is 5.06. The molecule has 1 aliphatic rings. The Morgan fingerprint density at radius 1 is 1.29 bits per heavy atom. The lowest BCUT2D eigenvalue weighted by Gasteiger charge is -2.29. The van der Waals surface area contributed by atoms with Crippen molar-refractivity contribution < 1.29 is 4.39 Å². The maximum absolute atomic E-state index is 13.8. The second-order valence-electron chi connectivity index (χ2n) is 6.61. The lowest BCUT2D eigenvalue weighted by atomic mass is 9.99. The molecule has 2 aromatic heterocycles. The highest BCUT2D eigenvalue weighted by atomic mass is 19.1. The van der Waals surface area contributed by atoms with E-state index in [0.29, 0.717) is 23.1 Å². The zero-order valence-corrected chi connectivity index (χ0v) is 13.3. The molecule has 0 amide bonds. The molecule has 0 spiro atoms. The molecule has 4 rings (SSSR count). The van der Waals surface area contributed by atoms with Crippen molar-refractivity contribution in [2.75, 3.05) is 0 Å². The Bertz CT molecular complexity index is 1000. The lowest BCUT2D eigenvalue weighted by molar-refractivity contribution is 0.425. The van der Waals surface area contributed by atoms with E-state index in [4.69, 9.17) is 4.99 Å². The van der Waals surface area contributed by atoms with Crippen molar-refractivity contribution in [1.82, 2.24) is 9.55 Å². The molecular weight excluding hydrogens is 307 g/mol. The molecule has 0 atom stereocenters. The van der Waals surface area contributed by atoms with Gasteiger partial charge in [-0.2, -0.15) is 0 Å². The van der Waals surface area contributed by atoms with E-state index in [1.807, 2.05) is 30.5 Å². The van der Waals surface area contributed by atoms with E-state index >= 15 is 0 Å². The van der Waals surface area contributed by atoms with Gasteiger partial charge >= 0.3 is 0 Å². The smallest absolute Gasteiger partial charge is 0.149 e. The Morgan fingerprint density at radius 3 is 2.92 bits per heavy atom. The van der Waals surface area contributed by atoms with Crippen molar-refractivity contribution in [3.05, 3.63) is 64.7 Å². The highest BCUT2D eigenvalue weighted by Gasteiger charge is 2.28.